The minimum atomic E-state index is -0.613. The van der Waals surface area contributed by atoms with E-state index in [1.165, 1.54) is 5.69 Å². The quantitative estimate of drug-likeness (QED) is 0.816. The molecule has 27 heavy (non-hydrogen) atoms. The smallest absolute Gasteiger partial charge is 0.313 e. The van der Waals surface area contributed by atoms with E-state index >= 15 is 0 Å². The molecule has 0 atom stereocenters. The summed E-state index contributed by atoms with van der Waals surface area (Å²) in [5.74, 6) is -0.800. The number of piperidine rings is 1. The van der Waals surface area contributed by atoms with E-state index in [9.17, 15) is 9.59 Å². The number of anilines is 2. The fourth-order valence-corrected chi connectivity index (χ4v) is 3.33. The second-order valence-corrected chi connectivity index (χ2v) is 7.05. The van der Waals surface area contributed by atoms with Crippen molar-refractivity contribution in [2.24, 2.45) is 5.92 Å². The molecule has 0 unspecified atom stereocenters. The van der Waals surface area contributed by atoms with Gasteiger partial charge < -0.3 is 15.5 Å². The number of rotatable bonds is 4. The van der Waals surface area contributed by atoms with Crippen LogP contribution in [0.25, 0.3) is 0 Å². The lowest BCUT2D eigenvalue weighted by Gasteiger charge is -2.33. The molecule has 6 heteroatoms. The van der Waals surface area contributed by atoms with Crippen LogP contribution in [0.5, 0.6) is 0 Å². The molecule has 0 aliphatic carbocycles. The van der Waals surface area contributed by atoms with Crippen molar-refractivity contribution < 1.29 is 9.59 Å². The molecule has 2 amide bonds. The van der Waals surface area contributed by atoms with Crippen LogP contribution in [0.2, 0.25) is 0 Å². The number of aromatic nitrogens is 1. The van der Waals surface area contributed by atoms with Gasteiger partial charge in [0.05, 0.1) is 0 Å². The Morgan fingerprint density at radius 3 is 2.48 bits per heavy atom. The van der Waals surface area contributed by atoms with E-state index in [-0.39, 0.29) is 0 Å². The first kappa shape index (κ1) is 18.9. The van der Waals surface area contributed by atoms with Crippen LogP contribution in [-0.4, -0.2) is 36.4 Å². The molecular weight excluding hydrogens is 340 g/mol. The largest absolute Gasteiger partial charge is 0.371 e. The molecule has 3 rings (SSSR count). The van der Waals surface area contributed by atoms with E-state index in [2.05, 4.69) is 20.5 Å². The normalized spacial score (nSPS) is 14.7. The number of amides is 2. The number of aryl methyl sites for hydroxylation is 1. The summed E-state index contributed by atoms with van der Waals surface area (Å²) in [7, 11) is 0. The summed E-state index contributed by atoms with van der Waals surface area (Å²) in [6, 6.07) is 9.68. The Morgan fingerprint density at radius 2 is 1.78 bits per heavy atom. The molecule has 6 nitrogen and oxygen atoms in total. The van der Waals surface area contributed by atoms with Crippen molar-refractivity contribution in [2.75, 3.05) is 29.9 Å². The minimum Gasteiger partial charge on any atom is -0.371 e. The SMILES string of the molecule is Cc1cccc(NC(=O)C(=O)NCC2CCN(c3ccncc3)CC2)c1C. The first-order valence-corrected chi connectivity index (χ1v) is 9.35. The van der Waals surface area contributed by atoms with Crippen LogP contribution < -0.4 is 15.5 Å². The molecule has 2 N–H and O–H groups in total. The predicted molar refractivity (Wildman–Crippen MR) is 107 cm³/mol. The summed E-state index contributed by atoms with van der Waals surface area (Å²) in [5.41, 5.74) is 3.91. The number of benzene rings is 1. The summed E-state index contributed by atoms with van der Waals surface area (Å²) in [5, 5.41) is 5.48. The summed E-state index contributed by atoms with van der Waals surface area (Å²) in [6.45, 7) is 6.32. The molecule has 1 fully saturated rings. The highest BCUT2D eigenvalue weighted by Gasteiger charge is 2.21. The van der Waals surface area contributed by atoms with Gasteiger partial charge in [-0.3, -0.25) is 14.6 Å². The van der Waals surface area contributed by atoms with E-state index in [0.717, 1.165) is 37.1 Å². The van der Waals surface area contributed by atoms with Crippen LogP contribution in [0.1, 0.15) is 24.0 Å². The molecule has 1 saturated heterocycles. The molecule has 1 aromatic heterocycles. The van der Waals surface area contributed by atoms with Crippen molar-refractivity contribution in [2.45, 2.75) is 26.7 Å². The Kier molecular flexibility index (Phi) is 6.06. The van der Waals surface area contributed by atoms with Gasteiger partial charge in [0.1, 0.15) is 0 Å². The summed E-state index contributed by atoms with van der Waals surface area (Å²) in [4.78, 5) is 30.7. The van der Waals surface area contributed by atoms with Gasteiger partial charge in [0.15, 0.2) is 0 Å². The standard InChI is InChI=1S/C21H26N4O2/c1-15-4-3-5-19(16(15)2)24-21(27)20(26)23-14-17-8-12-25(13-9-17)18-6-10-22-11-7-18/h3-7,10-11,17H,8-9,12-14H2,1-2H3,(H,23,26)(H,24,27). The van der Waals surface area contributed by atoms with Crippen molar-refractivity contribution >= 4 is 23.2 Å². The van der Waals surface area contributed by atoms with Gasteiger partial charge in [-0.25, -0.2) is 0 Å². The van der Waals surface area contributed by atoms with Crippen LogP contribution in [0.3, 0.4) is 0 Å². The molecular formula is C21H26N4O2. The minimum absolute atomic E-state index is 0.389. The number of nitrogens with zero attached hydrogens (tertiary/aromatic N) is 2. The van der Waals surface area contributed by atoms with Crippen LogP contribution in [0, 0.1) is 19.8 Å². The van der Waals surface area contributed by atoms with Crippen molar-refractivity contribution in [1.29, 1.82) is 0 Å². The van der Waals surface area contributed by atoms with Crippen molar-refractivity contribution in [3.8, 4) is 0 Å². The molecule has 2 heterocycles. The number of hydrogen-bond acceptors (Lipinski definition) is 4. The van der Waals surface area contributed by atoms with Crippen molar-refractivity contribution in [3.63, 3.8) is 0 Å². The molecule has 0 spiro atoms. The molecule has 2 aromatic rings. The van der Waals surface area contributed by atoms with E-state index in [0.29, 0.717) is 18.2 Å². The van der Waals surface area contributed by atoms with Crippen molar-refractivity contribution in [1.82, 2.24) is 10.3 Å². The number of nitrogens with one attached hydrogen (secondary N) is 2. The maximum Gasteiger partial charge on any atom is 0.313 e. The van der Waals surface area contributed by atoms with Gasteiger partial charge in [0, 0.05) is 43.4 Å². The maximum absolute atomic E-state index is 12.1. The molecule has 1 aliphatic rings. The second kappa shape index (κ2) is 8.66. The Morgan fingerprint density at radius 1 is 1.07 bits per heavy atom. The Balaban J connectivity index is 1.44. The monoisotopic (exact) mass is 366 g/mol. The number of carbonyl (C=O) groups is 2. The number of pyridine rings is 1. The highest BCUT2D eigenvalue weighted by Crippen LogP contribution is 2.22. The highest BCUT2D eigenvalue weighted by atomic mass is 16.2. The fourth-order valence-electron chi connectivity index (χ4n) is 3.33. The highest BCUT2D eigenvalue weighted by molar-refractivity contribution is 6.39. The van der Waals surface area contributed by atoms with Crippen LogP contribution in [0.4, 0.5) is 11.4 Å². The Labute approximate surface area is 160 Å². The van der Waals surface area contributed by atoms with Gasteiger partial charge in [-0.2, -0.15) is 0 Å². The lowest BCUT2D eigenvalue weighted by Crippen LogP contribution is -2.41. The first-order chi connectivity index (χ1) is 13.0. The summed E-state index contributed by atoms with van der Waals surface area (Å²) < 4.78 is 0. The van der Waals surface area contributed by atoms with Gasteiger partial charge in [0.2, 0.25) is 0 Å². The molecule has 142 valence electrons. The number of carbonyl (C=O) groups excluding carboxylic acids is 2. The van der Waals surface area contributed by atoms with E-state index in [1.54, 1.807) is 12.4 Å². The van der Waals surface area contributed by atoms with Crippen LogP contribution in [0.15, 0.2) is 42.7 Å². The Hall–Kier alpha value is -2.89. The Bertz CT molecular complexity index is 799. The predicted octanol–water partition coefficient (Wildman–Crippen LogP) is 2.67. The third-order valence-electron chi connectivity index (χ3n) is 5.25. The molecule has 1 aliphatic heterocycles. The average molecular weight is 366 g/mol. The first-order valence-electron chi connectivity index (χ1n) is 9.35. The van der Waals surface area contributed by atoms with Gasteiger partial charge in [-0.1, -0.05) is 12.1 Å². The van der Waals surface area contributed by atoms with Gasteiger partial charge in [-0.05, 0) is 61.9 Å². The van der Waals surface area contributed by atoms with E-state index in [1.807, 2.05) is 44.2 Å². The zero-order valence-corrected chi connectivity index (χ0v) is 15.9. The fraction of sp³-hybridized carbons (Fsp3) is 0.381. The van der Waals surface area contributed by atoms with Gasteiger partial charge in [-0.15, -0.1) is 0 Å². The van der Waals surface area contributed by atoms with Gasteiger partial charge >= 0.3 is 11.8 Å². The molecule has 0 radical (unpaired) electrons. The van der Waals surface area contributed by atoms with Crippen LogP contribution >= 0.6 is 0 Å². The zero-order valence-electron chi connectivity index (χ0n) is 15.9. The third kappa shape index (κ3) is 4.84. The van der Waals surface area contributed by atoms with Crippen molar-refractivity contribution in [3.05, 3.63) is 53.9 Å². The third-order valence-corrected chi connectivity index (χ3v) is 5.25. The van der Waals surface area contributed by atoms with Crippen LogP contribution in [-0.2, 0) is 9.59 Å². The van der Waals surface area contributed by atoms with E-state index in [4.69, 9.17) is 0 Å². The number of hydrogen-bond donors (Lipinski definition) is 2. The molecule has 0 bridgehead atoms. The zero-order chi connectivity index (χ0) is 19.2. The lowest BCUT2D eigenvalue weighted by molar-refractivity contribution is -0.136. The topological polar surface area (TPSA) is 74.3 Å². The molecule has 1 aromatic carbocycles. The lowest BCUT2D eigenvalue weighted by atomic mass is 9.96. The maximum atomic E-state index is 12.1. The second-order valence-electron chi connectivity index (χ2n) is 7.05. The van der Waals surface area contributed by atoms with E-state index < -0.39 is 11.8 Å². The summed E-state index contributed by atoms with van der Waals surface area (Å²) >= 11 is 0. The van der Waals surface area contributed by atoms with Gasteiger partial charge in [0.25, 0.3) is 0 Å². The summed E-state index contributed by atoms with van der Waals surface area (Å²) in [6.07, 6.45) is 5.58. The average Bonchev–Trinajstić information content (AvgIpc) is 2.70. The molecule has 0 saturated carbocycles.